The van der Waals surface area contributed by atoms with Crippen LogP contribution >= 0.6 is 22.6 Å². The SMILES string of the molecule is Cc1c(I)cccc1C(=O)NC1CCC(N)CC1. The average molecular weight is 358 g/mol. The normalized spacial score (nSPS) is 23.7. The lowest BCUT2D eigenvalue weighted by atomic mass is 9.91. The van der Waals surface area contributed by atoms with Gasteiger partial charge in [-0.3, -0.25) is 4.79 Å². The summed E-state index contributed by atoms with van der Waals surface area (Å²) in [6, 6.07) is 6.45. The van der Waals surface area contributed by atoms with Crippen molar-refractivity contribution in [3.63, 3.8) is 0 Å². The van der Waals surface area contributed by atoms with Gasteiger partial charge in [0.1, 0.15) is 0 Å². The molecule has 4 heteroatoms. The van der Waals surface area contributed by atoms with Crippen molar-refractivity contribution in [3.8, 4) is 0 Å². The van der Waals surface area contributed by atoms with Gasteiger partial charge in [-0.05, 0) is 72.9 Å². The number of halogens is 1. The van der Waals surface area contributed by atoms with E-state index in [0.29, 0.717) is 6.04 Å². The molecule has 0 saturated heterocycles. The molecular weight excluding hydrogens is 339 g/mol. The second-order valence-corrected chi connectivity index (χ2v) is 6.16. The molecule has 0 radical (unpaired) electrons. The van der Waals surface area contributed by atoms with Gasteiger partial charge in [0.05, 0.1) is 0 Å². The summed E-state index contributed by atoms with van der Waals surface area (Å²) in [5, 5.41) is 3.13. The molecule has 1 aliphatic carbocycles. The quantitative estimate of drug-likeness (QED) is 0.799. The van der Waals surface area contributed by atoms with Gasteiger partial charge in [-0.25, -0.2) is 0 Å². The Hall–Kier alpha value is -0.620. The summed E-state index contributed by atoms with van der Waals surface area (Å²) in [6.45, 7) is 1.99. The average Bonchev–Trinajstić information content (AvgIpc) is 2.35. The summed E-state index contributed by atoms with van der Waals surface area (Å²) >= 11 is 2.26. The second kappa shape index (κ2) is 6.02. The van der Waals surface area contributed by atoms with E-state index in [2.05, 4.69) is 27.9 Å². The van der Waals surface area contributed by atoms with E-state index >= 15 is 0 Å². The fraction of sp³-hybridized carbons (Fsp3) is 0.500. The highest BCUT2D eigenvalue weighted by molar-refractivity contribution is 14.1. The fourth-order valence-electron chi connectivity index (χ4n) is 2.38. The summed E-state index contributed by atoms with van der Waals surface area (Å²) < 4.78 is 1.13. The van der Waals surface area contributed by atoms with Crippen LogP contribution in [0.15, 0.2) is 18.2 Å². The molecule has 18 heavy (non-hydrogen) atoms. The third kappa shape index (κ3) is 3.23. The monoisotopic (exact) mass is 358 g/mol. The third-order valence-corrected chi connectivity index (χ3v) is 4.79. The number of nitrogens with two attached hydrogens (primary N) is 1. The third-order valence-electron chi connectivity index (χ3n) is 3.62. The summed E-state index contributed by atoms with van der Waals surface area (Å²) in [4.78, 5) is 12.2. The minimum absolute atomic E-state index is 0.0477. The zero-order valence-corrected chi connectivity index (χ0v) is 12.7. The van der Waals surface area contributed by atoms with Crippen molar-refractivity contribution in [1.82, 2.24) is 5.32 Å². The number of rotatable bonds is 2. The number of carbonyl (C=O) groups excluding carboxylic acids is 1. The van der Waals surface area contributed by atoms with Gasteiger partial charge in [-0.15, -0.1) is 0 Å². The molecule has 98 valence electrons. The highest BCUT2D eigenvalue weighted by Crippen LogP contribution is 2.19. The fourth-order valence-corrected chi connectivity index (χ4v) is 2.88. The van der Waals surface area contributed by atoms with E-state index < -0.39 is 0 Å². The summed E-state index contributed by atoms with van der Waals surface area (Å²) in [5.74, 6) is 0.0477. The van der Waals surface area contributed by atoms with Gasteiger partial charge in [0.15, 0.2) is 0 Å². The Labute approximate surface area is 122 Å². The number of nitrogens with one attached hydrogen (secondary N) is 1. The Morgan fingerprint density at radius 2 is 2.00 bits per heavy atom. The molecule has 1 amide bonds. The largest absolute Gasteiger partial charge is 0.349 e. The van der Waals surface area contributed by atoms with Gasteiger partial charge in [-0.2, -0.15) is 0 Å². The summed E-state index contributed by atoms with van der Waals surface area (Å²) in [7, 11) is 0. The van der Waals surface area contributed by atoms with E-state index in [9.17, 15) is 4.79 Å². The molecule has 1 aromatic rings. The molecule has 1 saturated carbocycles. The Balaban J connectivity index is 2.01. The molecule has 1 aliphatic rings. The van der Waals surface area contributed by atoms with E-state index in [0.717, 1.165) is 40.4 Å². The molecular formula is C14H19IN2O. The van der Waals surface area contributed by atoms with Gasteiger partial charge in [0.2, 0.25) is 0 Å². The first kappa shape index (κ1) is 13.8. The zero-order chi connectivity index (χ0) is 13.1. The van der Waals surface area contributed by atoms with Gasteiger partial charge in [0.25, 0.3) is 5.91 Å². The molecule has 1 aromatic carbocycles. The maximum atomic E-state index is 12.2. The topological polar surface area (TPSA) is 55.1 Å². The minimum atomic E-state index is 0.0477. The predicted molar refractivity (Wildman–Crippen MR) is 81.6 cm³/mol. The van der Waals surface area contributed by atoms with Crippen LogP contribution in [0.5, 0.6) is 0 Å². The number of benzene rings is 1. The molecule has 2 rings (SSSR count). The van der Waals surface area contributed by atoms with Crippen LogP contribution in [0.1, 0.15) is 41.6 Å². The number of hydrogen-bond acceptors (Lipinski definition) is 2. The van der Waals surface area contributed by atoms with Crippen molar-refractivity contribution in [3.05, 3.63) is 32.9 Å². The lowest BCUT2D eigenvalue weighted by Crippen LogP contribution is -2.40. The minimum Gasteiger partial charge on any atom is -0.349 e. The van der Waals surface area contributed by atoms with Crippen LogP contribution in [0, 0.1) is 10.5 Å². The lowest BCUT2D eigenvalue weighted by Gasteiger charge is -2.27. The Bertz CT molecular complexity index is 439. The van der Waals surface area contributed by atoms with Crippen LogP contribution < -0.4 is 11.1 Å². The van der Waals surface area contributed by atoms with Gasteiger partial charge in [0, 0.05) is 21.2 Å². The predicted octanol–water partition coefficient (Wildman–Crippen LogP) is 2.60. The number of amides is 1. The zero-order valence-electron chi connectivity index (χ0n) is 10.6. The molecule has 0 spiro atoms. The first-order valence-electron chi connectivity index (χ1n) is 6.39. The first-order valence-corrected chi connectivity index (χ1v) is 7.47. The van der Waals surface area contributed by atoms with E-state index in [4.69, 9.17) is 5.73 Å². The van der Waals surface area contributed by atoms with E-state index in [1.165, 1.54) is 0 Å². The van der Waals surface area contributed by atoms with Gasteiger partial charge < -0.3 is 11.1 Å². The van der Waals surface area contributed by atoms with Crippen molar-refractivity contribution >= 4 is 28.5 Å². The maximum absolute atomic E-state index is 12.2. The van der Waals surface area contributed by atoms with Crippen molar-refractivity contribution in [2.45, 2.75) is 44.7 Å². The van der Waals surface area contributed by atoms with Crippen LogP contribution in [-0.2, 0) is 0 Å². The number of hydrogen-bond donors (Lipinski definition) is 2. The highest BCUT2D eigenvalue weighted by atomic mass is 127. The van der Waals surface area contributed by atoms with E-state index in [-0.39, 0.29) is 11.9 Å². The molecule has 3 N–H and O–H groups in total. The molecule has 0 aliphatic heterocycles. The van der Waals surface area contributed by atoms with Crippen LogP contribution in [0.3, 0.4) is 0 Å². The van der Waals surface area contributed by atoms with Crippen molar-refractivity contribution < 1.29 is 4.79 Å². The van der Waals surface area contributed by atoms with E-state index in [1.807, 2.05) is 25.1 Å². The number of carbonyl (C=O) groups is 1. The molecule has 1 fully saturated rings. The van der Waals surface area contributed by atoms with E-state index in [1.54, 1.807) is 0 Å². The first-order chi connectivity index (χ1) is 8.58. The van der Waals surface area contributed by atoms with Crippen LogP contribution in [-0.4, -0.2) is 18.0 Å². The molecule has 0 bridgehead atoms. The van der Waals surface area contributed by atoms with Gasteiger partial charge >= 0.3 is 0 Å². The Morgan fingerprint density at radius 1 is 1.33 bits per heavy atom. The summed E-state index contributed by atoms with van der Waals surface area (Å²) in [6.07, 6.45) is 4.01. The molecule has 3 nitrogen and oxygen atoms in total. The standard InChI is InChI=1S/C14H19IN2O/c1-9-12(3-2-4-13(9)15)14(18)17-11-7-5-10(16)6-8-11/h2-4,10-11H,5-8,16H2,1H3,(H,17,18). The lowest BCUT2D eigenvalue weighted by molar-refractivity contribution is 0.0925. The molecule has 0 heterocycles. The summed E-state index contributed by atoms with van der Waals surface area (Å²) in [5.41, 5.74) is 7.72. The van der Waals surface area contributed by atoms with Gasteiger partial charge in [-0.1, -0.05) is 6.07 Å². The maximum Gasteiger partial charge on any atom is 0.251 e. The molecule has 0 atom stereocenters. The Morgan fingerprint density at radius 3 is 2.67 bits per heavy atom. The molecule has 0 aromatic heterocycles. The van der Waals surface area contributed by atoms with Crippen molar-refractivity contribution in [2.75, 3.05) is 0 Å². The van der Waals surface area contributed by atoms with Crippen molar-refractivity contribution in [1.29, 1.82) is 0 Å². The smallest absolute Gasteiger partial charge is 0.251 e. The highest BCUT2D eigenvalue weighted by Gasteiger charge is 2.21. The van der Waals surface area contributed by atoms with Crippen LogP contribution in [0.4, 0.5) is 0 Å². The Kier molecular flexibility index (Phi) is 4.61. The van der Waals surface area contributed by atoms with Crippen LogP contribution in [0.25, 0.3) is 0 Å². The second-order valence-electron chi connectivity index (χ2n) is 5.00. The van der Waals surface area contributed by atoms with Crippen molar-refractivity contribution in [2.24, 2.45) is 5.73 Å². The van der Waals surface area contributed by atoms with Crippen LogP contribution in [0.2, 0.25) is 0 Å². The molecule has 0 unspecified atom stereocenters.